The van der Waals surface area contributed by atoms with Gasteiger partial charge >= 0.3 is 0 Å². The number of nitrogen functional groups attached to an aromatic ring is 1. The first kappa shape index (κ1) is 15.8. The maximum Gasteiger partial charge on any atom is 0.263 e. The molecular weight excluding hydrogens is 363 g/mol. The van der Waals surface area contributed by atoms with Crippen molar-refractivity contribution >= 4 is 37.3 Å². The first-order valence-electron chi connectivity index (χ1n) is 6.04. The fourth-order valence-electron chi connectivity index (χ4n) is 1.83. The lowest BCUT2D eigenvalue weighted by atomic mass is 10.3. The van der Waals surface area contributed by atoms with Gasteiger partial charge in [-0.3, -0.25) is 9.40 Å². The summed E-state index contributed by atoms with van der Waals surface area (Å²) < 4.78 is 42.2. The van der Waals surface area contributed by atoms with E-state index < -0.39 is 15.8 Å². The first-order chi connectivity index (χ1) is 9.74. The van der Waals surface area contributed by atoms with E-state index in [4.69, 9.17) is 5.73 Å². The predicted octanol–water partition coefficient (Wildman–Crippen LogP) is 2.27. The number of anilines is 2. The number of benzene rings is 1. The largest absolute Gasteiger partial charge is 0.396 e. The second-order valence-electron chi connectivity index (χ2n) is 4.43. The highest BCUT2D eigenvalue weighted by Gasteiger charge is 2.22. The number of aromatic nitrogens is 2. The molecule has 1 heterocycles. The SMILES string of the molecule is CCc1nn(C)cc1NS(=O)(=O)c1cc(N)c(F)cc1Br. The monoisotopic (exact) mass is 376 g/mol. The molecule has 2 aromatic rings. The van der Waals surface area contributed by atoms with Crippen LogP contribution in [0.2, 0.25) is 0 Å². The first-order valence-corrected chi connectivity index (χ1v) is 8.32. The summed E-state index contributed by atoms with van der Waals surface area (Å²) in [5, 5.41) is 4.15. The normalized spacial score (nSPS) is 11.6. The van der Waals surface area contributed by atoms with Crippen molar-refractivity contribution < 1.29 is 12.8 Å². The Hall–Kier alpha value is -1.61. The minimum atomic E-state index is -3.90. The van der Waals surface area contributed by atoms with Crippen molar-refractivity contribution in [3.63, 3.8) is 0 Å². The van der Waals surface area contributed by atoms with E-state index in [-0.39, 0.29) is 15.1 Å². The van der Waals surface area contributed by atoms with Crippen LogP contribution in [0, 0.1) is 5.82 Å². The van der Waals surface area contributed by atoms with Gasteiger partial charge < -0.3 is 5.73 Å². The number of rotatable bonds is 4. The molecule has 1 aromatic heterocycles. The van der Waals surface area contributed by atoms with Gasteiger partial charge in [0.15, 0.2) is 0 Å². The van der Waals surface area contributed by atoms with Crippen LogP contribution in [0.5, 0.6) is 0 Å². The fourth-order valence-corrected chi connectivity index (χ4v) is 3.95. The number of sulfonamides is 1. The molecule has 114 valence electrons. The Kier molecular flexibility index (Phi) is 4.24. The van der Waals surface area contributed by atoms with Gasteiger partial charge in [-0.15, -0.1) is 0 Å². The van der Waals surface area contributed by atoms with Crippen molar-refractivity contribution in [3.05, 3.63) is 34.3 Å². The number of nitrogens with two attached hydrogens (primary N) is 1. The highest BCUT2D eigenvalue weighted by atomic mass is 79.9. The topological polar surface area (TPSA) is 90.0 Å². The third-order valence-electron chi connectivity index (χ3n) is 2.83. The Balaban J connectivity index is 2.45. The van der Waals surface area contributed by atoms with Crippen molar-refractivity contribution in [2.24, 2.45) is 7.05 Å². The molecule has 3 N–H and O–H groups in total. The summed E-state index contributed by atoms with van der Waals surface area (Å²) in [6.07, 6.45) is 2.14. The Morgan fingerprint density at radius 3 is 2.76 bits per heavy atom. The summed E-state index contributed by atoms with van der Waals surface area (Å²) in [5.74, 6) is -0.684. The van der Waals surface area contributed by atoms with E-state index in [1.54, 1.807) is 13.2 Å². The van der Waals surface area contributed by atoms with Gasteiger partial charge in [0.1, 0.15) is 10.7 Å². The van der Waals surface area contributed by atoms with Crippen LogP contribution in [-0.4, -0.2) is 18.2 Å². The van der Waals surface area contributed by atoms with E-state index in [2.05, 4.69) is 25.8 Å². The molecule has 0 aliphatic heterocycles. The van der Waals surface area contributed by atoms with Gasteiger partial charge in [0.25, 0.3) is 10.0 Å². The molecule has 21 heavy (non-hydrogen) atoms. The van der Waals surface area contributed by atoms with Gasteiger partial charge in [-0.05, 0) is 34.5 Å². The lowest BCUT2D eigenvalue weighted by Gasteiger charge is -2.10. The maximum atomic E-state index is 13.3. The smallest absolute Gasteiger partial charge is 0.263 e. The number of halogens is 2. The van der Waals surface area contributed by atoms with Gasteiger partial charge in [0, 0.05) is 17.7 Å². The number of hydrogen-bond acceptors (Lipinski definition) is 4. The summed E-state index contributed by atoms with van der Waals surface area (Å²) >= 11 is 3.04. The Morgan fingerprint density at radius 1 is 1.48 bits per heavy atom. The van der Waals surface area contributed by atoms with Crippen LogP contribution in [0.15, 0.2) is 27.7 Å². The summed E-state index contributed by atoms with van der Waals surface area (Å²) in [6.45, 7) is 1.87. The minimum Gasteiger partial charge on any atom is -0.396 e. The molecule has 6 nitrogen and oxygen atoms in total. The van der Waals surface area contributed by atoms with E-state index in [0.717, 1.165) is 12.1 Å². The van der Waals surface area contributed by atoms with E-state index in [1.165, 1.54) is 4.68 Å². The standard InChI is InChI=1S/C12H14BrFN4O2S/c1-3-10-11(6-18(2)16-10)17-21(19,20)12-5-9(15)8(14)4-7(12)13/h4-6,17H,3,15H2,1-2H3. The van der Waals surface area contributed by atoms with Gasteiger partial charge in [0.05, 0.1) is 17.1 Å². The minimum absolute atomic E-state index is 0.101. The molecule has 0 atom stereocenters. The van der Waals surface area contributed by atoms with Crippen molar-refractivity contribution in [3.8, 4) is 0 Å². The molecule has 0 amide bonds. The highest BCUT2D eigenvalue weighted by Crippen LogP contribution is 2.29. The third kappa shape index (κ3) is 3.18. The van der Waals surface area contributed by atoms with Crippen LogP contribution in [0.3, 0.4) is 0 Å². The molecule has 0 bridgehead atoms. The van der Waals surface area contributed by atoms with E-state index in [9.17, 15) is 12.8 Å². The molecule has 0 saturated carbocycles. The lowest BCUT2D eigenvalue weighted by molar-refractivity contribution is 0.599. The number of hydrogen-bond donors (Lipinski definition) is 2. The molecule has 0 saturated heterocycles. The maximum absolute atomic E-state index is 13.3. The molecule has 0 fully saturated rings. The predicted molar refractivity (Wildman–Crippen MR) is 81.9 cm³/mol. The molecule has 2 rings (SSSR count). The molecule has 0 unspecified atom stereocenters. The Morgan fingerprint density at radius 2 is 2.14 bits per heavy atom. The fraction of sp³-hybridized carbons (Fsp3) is 0.250. The Bertz CT molecular complexity index is 789. The number of nitrogens with one attached hydrogen (secondary N) is 1. The lowest BCUT2D eigenvalue weighted by Crippen LogP contribution is -2.15. The van der Waals surface area contributed by atoms with Crippen molar-refractivity contribution in [2.45, 2.75) is 18.2 Å². The van der Waals surface area contributed by atoms with Gasteiger partial charge in [0.2, 0.25) is 0 Å². The van der Waals surface area contributed by atoms with Crippen LogP contribution >= 0.6 is 15.9 Å². The van der Waals surface area contributed by atoms with E-state index in [0.29, 0.717) is 17.8 Å². The van der Waals surface area contributed by atoms with Crippen LogP contribution in [0.1, 0.15) is 12.6 Å². The summed E-state index contributed by atoms with van der Waals surface area (Å²) in [5.41, 5.74) is 6.20. The molecule has 0 aliphatic carbocycles. The zero-order valence-electron chi connectivity index (χ0n) is 11.4. The molecule has 9 heteroatoms. The van der Waals surface area contributed by atoms with Crippen LogP contribution in [0.4, 0.5) is 15.8 Å². The number of aryl methyl sites for hydroxylation is 2. The quantitative estimate of drug-likeness (QED) is 0.800. The average Bonchev–Trinajstić information content (AvgIpc) is 2.72. The second kappa shape index (κ2) is 5.64. The summed E-state index contributed by atoms with van der Waals surface area (Å²) in [6, 6.07) is 2.09. The van der Waals surface area contributed by atoms with Crippen LogP contribution in [0.25, 0.3) is 0 Å². The molecular formula is C12H14BrFN4O2S. The zero-order chi connectivity index (χ0) is 15.8. The zero-order valence-corrected chi connectivity index (χ0v) is 13.8. The summed E-state index contributed by atoms with van der Waals surface area (Å²) in [4.78, 5) is -0.132. The molecule has 0 radical (unpaired) electrons. The van der Waals surface area contributed by atoms with Crippen molar-refractivity contribution in [2.75, 3.05) is 10.5 Å². The third-order valence-corrected chi connectivity index (χ3v) is 5.15. The van der Waals surface area contributed by atoms with E-state index in [1.807, 2.05) is 6.92 Å². The average molecular weight is 377 g/mol. The van der Waals surface area contributed by atoms with Crippen LogP contribution < -0.4 is 10.5 Å². The Labute approximate surface area is 130 Å². The highest BCUT2D eigenvalue weighted by molar-refractivity contribution is 9.10. The second-order valence-corrected chi connectivity index (χ2v) is 6.93. The number of nitrogens with zero attached hydrogens (tertiary/aromatic N) is 2. The van der Waals surface area contributed by atoms with E-state index >= 15 is 0 Å². The van der Waals surface area contributed by atoms with Crippen molar-refractivity contribution in [1.82, 2.24) is 9.78 Å². The molecule has 0 spiro atoms. The summed E-state index contributed by atoms with van der Waals surface area (Å²) in [7, 11) is -2.20. The van der Waals surface area contributed by atoms with Gasteiger partial charge in [-0.25, -0.2) is 12.8 Å². The van der Waals surface area contributed by atoms with Gasteiger partial charge in [-0.1, -0.05) is 6.92 Å². The van der Waals surface area contributed by atoms with Gasteiger partial charge in [-0.2, -0.15) is 5.10 Å². The van der Waals surface area contributed by atoms with Crippen LogP contribution in [-0.2, 0) is 23.5 Å². The molecule has 1 aromatic carbocycles. The van der Waals surface area contributed by atoms with Crippen molar-refractivity contribution in [1.29, 1.82) is 0 Å². The molecule has 0 aliphatic rings.